The van der Waals surface area contributed by atoms with Gasteiger partial charge in [-0.2, -0.15) is 5.26 Å². The largest absolute Gasteiger partial charge is 0.381 e. The Hall–Kier alpha value is -2.58. The molecule has 0 aromatic heterocycles. The Bertz CT molecular complexity index is 695. The summed E-state index contributed by atoms with van der Waals surface area (Å²) in [7, 11) is 0. The molecule has 0 saturated heterocycles. The zero-order chi connectivity index (χ0) is 14.5. The summed E-state index contributed by atoms with van der Waals surface area (Å²) < 4.78 is 0. The molecular weight excluding hydrogens is 278 g/mol. The zero-order valence-electron chi connectivity index (χ0n) is 10.3. The van der Waals surface area contributed by atoms with Gasteiger partial charge in [0, 0.05) is 23.3 Å². The molecule has 20 heavy (non-hydrogen) atoms. The fourth-order valence-corrected chi connectivity index (χ4v) is 1.95. The first kappa shape index (κ1) is 13.8. The van der Waals surface area contributed by atoms with Crippen LogP contribution in [0, 0.1) is 21.4 Å². The first-order valence-electron chi connectivity index (χ1n) is 5.77. The van der Waals surface area contributed by atoms with Crippen LogP contribution >= 0.6 is 11.6 Å². The molecule has 0 amide bonds. The van der Waals surface area contributed by atoms with Crippen molar-refractivity contribution in [3.63, 3.8) is 0 Å². The number of nitrogens with one attached hydrogen (secondary N) is 1. The summed E-state index contributed by atoms with van der Waals surface area (Å²) in [5.41, 5.74) is 1.38. The van der Waals surface area contributed by atoms with E-state index in [1.807, 2.05) is 18.2 Å². The van der Waals surface area contributed by atoms with Gasteiger partial charge in [-0.1, -0.05) is 23.7 Å². The Labute approximate surface area is 120 Å². The molecule has 6 heteroatoms. The maximum absolute atomic E-state index is 10.9. The predicted octanol–water partition coefficient (Wildman–Crippen LogP) is 3.73. The highest BCUT2D eigenvalue weighted by molar-refractivity contribution is 6.30. The van der Waals surface area contributed by atoms with E-state index in [4.69, 9.17) is 16.9 Å². The van der Waals surface area contributed by atoms with Crippen molar-refractivity contribution in [2.45, 2.75) is 6.54 Å². The maximum Gasteiger partial charge on any atom is 0.289 e. The summed E-state index contributed by atoms with van der Waals surface area (Å²) in [5, 5.41) is 23.4. The smallest absolute Gasteiger partial charge is 0.289 e. The second-order valence-corrected chi connectivity index (χ2v) is 4.52. The maximum atomic E-state index is 10.9. The molecule has 0 heterocycles. The summed E-state index contributed by atoms with van der Waals surface area (Å²) in [5.74, 6) is 0. The highest BCUT2D eigenvalue weighted by Crippen LogP contribution is 2.23. The van der Waals surface area contributed by atoms with Crippen molar-refractivity contribution < 1.29 is 4.92 Å². The molecule has 2 aromatic rings. The summed E-state index contributed by atoms with van der Waals surface area (Å²) in [6.07, 6.45) is 0. The molecule has 0 bridgehead atoms. The Morgan fingerprint density at radius 1 is 1.30 bits per heavy atom. The molecule has 0 fully saturated rings. The lowest BCUT2D eigenvalue weighted by molar-refractivity contribution is -0.385. The van der Waals surface area contributed by atoms with Crippen molar-refractivity contribution in [1.82, 2.24) is 0 Å². The van der Waals surface area contributed by atoms with Crippen LogP contribution in [0.4, 0.5) is 11.4 Å². The minimum absolute atomic E-state index is 0.0447. The number of halogens is 1. The third kappa shape index (κ3) is 3.25. The summed E-state index contributed by atoms with van der Waals surface area (Å²) >= 11 is 5.88. The molecule has 0 aliphatic carbocycles. The molecule has 5 nitrogen and oxygen atoms in total. The quantitative estimate of drug-likeness (QED) is 0.686. The van der Waals surface area contributed by atoms with Gasteiger partial charge >= 0.3 is 0 Å². The molecule has 0 radical (unpaired) electrons. The Morgan fingerprint density at radius 3 is 2.75 bits per heavy atom. The zero-order valence-corrected chi connectivity index (χ0v) is 11.1. The molecule has 2 aromatic carbocycles. The van der Waals surface area contributed by atoms with Gasteiger partial charge in [0.2, 0.25) is 0 Å². The minimum atomic E-state index is -0.566. The summed E-state index contributed by atoms with van der Waals surface area (Å²) in [6, 6.07) is 13.5. The fourth-order valence-electron chi connectivity index (χ4n) is 1.74. The van der Waals surface area contributed by atoms with Gasteiger partial charge < -0.3 is 5.32 Å². The number of nitro groups is 1. The van der Waals surface area contributed by atoms with Crippen LogP contribution < -0.4 is 5.32 Å². The number of anilines is 1. The normalized spacial score (nSPS) is 9.80. The highest BCUT2D eigenvalue weighted by Gasteiger charge is 2.13. The van der Waals surface area contributed by atoms with E-state index in [0.29, 0.717) is 17.3 Å². The number of rotatable bonds is 4. The van der Waals surface area contributed by atoms with Crippen LogP contribution in [-0.4, -0.2) is 4.92 Å². The van der Waals surface area contributed by atoms with E-state index in [2.05, 4.69) is 5.32 Å². The first-order chi connectivity index (χ1) is 9.60. The topological polar surface area (TPSA) is 79.0 Å². The molecular formula is C14H10ClN3O2. The number of nitrogens with zero attached hydrogens (tertiary/aromatic N) is 2. The number of nitro benzene ring substituents is 1. The molecule has 0 saturated carbocycles. The van der Waals surface area contributed by atoms with Crippen molar-refractivity contribution in [3.8, 4) is 6.07 Å². The van der Waals surface area contributed by atoms with Crippen molar-refractivity contribution in [2.24, 2.45) is 0 Å². The van der Waals surface area contributed by atoms with E-state index in [1.165, 1.54) is 12.1 Å². The fraction of sp³-hybridized carbons (Fsp3) is 0.0714. The predicted molar refractivity (Wildman–Crippen MR) is 76.6 cm³/mol. The van der Waals surface area contributed by atoms with Gasteiger partial charge in [-0.25, -0.2) is 0 Å². The minimum Gasteiger partial charge on any atom is -0.381 e. The summed E-state index contributed by atoms with van der Waals surface area (Å²) in [6.45, 7) is 0.490. The van der Waals surface area contributed by atoms with Gasteiger partial charge in [-0.05, 0) is 29.8 Å². The number of benzene rings is 2. The van der Waals surface area contributed by atoms with E-state index in [1.54, 1.807) is 18.2 Å². The van der Waals surface area contributed by atoms with Crippen molar-refractivity contribution in [2.75, 3.05) is 5.32 Å². The van der Waals surface area contributed by atoms with E-state index < -0.39 is 4.92 Å². The molecule has 0 atom stereocenters. The van der Waals surface area contributed by atoms with Crippen LogP contribution in [0.25, 0.3) is 0 Å². The van der Waals surface area contributed by atoms with Gasteiger partial charge in [0.1, 0.15) is 11.6 Å². The van der Waals surface area contributed by atoms with Crippen LogP contribution in [0.3, 0.4) is 0 Å². The summed E-state index contributed by atoms with van der Waals surface area (Å²) in [4.78, 5) is 10.3. The molecule has 100 valence electrons. The Balaban J connectivity index is 2.16. The Morgan fingerprint density at radius 2 is 2.10 bits per heavy atom. The lowest BCUT2D eigenvalue weighted by Gasteiger charge is -2.07. The SMILES string of the molecule is N#Cc1ccc(NCc2cccc(Cl)c2)cc1[N+](=O)[O-]. The van der Waals surface area contributed by atoms with E-state index in [9.17, 15) is 10.1 Å². The Kier molecular flexibility index (Phi) is 4.18. The van der Waals surface area contributed by atoms with E-state index >= 15 is 0 Å². The van der Waals surface area contributed by atoms with Crippen LogP contribution in [0.2, 0.25) is 5.02 Å². The average molecular weight is 288 g/mol. The number of hydrogen-bond donors (Lipinski definition) is 1. The lowest BCUT2D eigenvalue weighted by Crippen LogP contribution is -2.01. The molecule has 0 aliphatic heterocycles. The first-order valence-corrected chi connectivity index (χ1v) is 6.15. The molecule has 0 spiro atoms. The van der Waals surface area contributed by atoms with Gasteiger partial charge in [-0.3, -0.25) is 10.1 Å². The van der Waals surface area contributed by atoms with Gasteiger partial charge in [0.25, 0.3) is 5.69 Å². The van der Waals surface area contributed by atoms with Crippen LogP contribution in [-0.2, 0) is 6.54 Å². The van der Waals surface area contributed by atoms with E-state index in [0.717, 1.165) is 5.56 Å². The second kappa shape index (κ2) is 6.04. The van der Waals surface area contributed by atoms with Crippen LogP contribution in [0.1, 0.15) is 11.1 Å². The molecule has 0 unspecified atom stereocenters. The van der Waals surface area contributed by atoms with Gasteiger partial charge in [-0.15, -0.1) is 0 Å². The van der Waals surface area contributed by atoms with Crippen molar-refractivity contribution in [1.29, 1.82) is 5.26 Å². The number of hydrogen-bond acceptors (Lipinski definition) is 4. The van der Waals surface area contributed by atoms with Crippen molar-refractivity contribution >= 4 is 23.0 Å². The molecule has 2 rings (SSSR count). The van der Waals surface area contributed by atoms with Gasteiger partial charge in [0.15, 0.2) is 0 Å². The van der Waals surface area contributed by atoms with E-state index in [-0.39, 0.29) is 11.3 Å². The average Bonchev–Trinajstić information content (AvgIpc) is 2.45. The monoisotopic (exact) mass is 287 g/mol. The van der Waals surface area contributed by atoms with Crippen LogP contribution in [0.5, 0.6) is 0 Å². The third-order valence-electron chi connectivity index (χ3n) is 2.70. The molecule has 0 aliphatic rings. The highest BCUT2D eigenvalue weighted by atomic mass is 35.5. The number of nitriles is 1. The third-order valence-corrected chi connectivity index (χ3v) is 2.94. The van der Waals surface area contributed by atoms with Crippen molar-refractivity contribution in [3.05, 3.63) is 68.7 Å². The lowest BCUT2D eigenvalue weighted by atomic mass is 10.1. The van der Waals surface area contributed by atoms with Crippen LogP contribution in [0.15, 0.2) is 42.5 Å². The molecule has 1 N–H and O–H groups in total. The second-order valence-electron chi connectivity index (χ2n) is 4.08. The standard InChI is InChI=1S/C14H10ClN3O2/c15-12-3-1-2-10(6-12)9-17-13-5-4-11(8-16)14(7-13)18(19)20/h1-7,17H,9H2. The van der Waals surface area contributed by atoms with Gasteiger partial charge in [0.05, 0.1) is 4.92 Å².